The maximum atomic E-state index is 12.6. The first-order valence-electron chi connectivity index (χ1n) is 4.36. The van der Waals surface area contributed by atoms with Crippen LogP contribution in [0.4, 0.5) is 4.39 Å². The number of aromatic amines is 1. The van der Waals surface area contributed by atoms with Gasteiger partial charge in [0.25, 0.3) is 0 Å². The van der Waals surface area contributed by atoms with Gasteiger partial charge in [-0.15, -0.1) is 0 Å². The molecule has 0 atom stereocenters. The summed E-state index contributed by atoms with van der Waals surface area (Å²) in [4.78, 5) is 0. The minimum Gasteiger partial charge on any atom is -0.207 e. The molecule has 0 spiro atoms. The standard InChI is InChI=1S/C10H10FN3/c1-7-10(13-14-12-7)6-8-2-4-9(11)5-3-8/h2-5H,6H2,1H3,(H,12,13,14). The first kappa shape index (κ1) is 8.87. The molecule has 1 heterocycles. The van der Waals surface area contributed by atoms with Gasteiger partial charge in [0, 0.05) is 6.42 Å². The van der Waals surface area contributed by atoms with Gasteiger partial charge in [0.15, 0.2) is 0 Å². The van der Waals surface area contributed by atoms with Crippen LogP contribution in [-0.4, -0.2) is 15.4 Å². The average molecular weight is 191 g/mol. The summed E-state index contributed by atoms with van der Waals surface area (Å²) in [7, 11) is 0. The number of hydrogen-bond donors (Lipinski definition) is 1. The fraction of sp³-hybridized carbons (Fsp3) is 0.200. The molecule has 4 heteroatoms. The van der Waals surface area contributed by atoms with Gasteiger partial charge in [-0.1, -0.05) is 12.1 Å². The quantitative estimate of drug-likeness (QED) is 0.787. The van der Waals surface area contributed by atoms with Crippen molar-refractivity contribution in [3.63, 3.8) is 0 Å². The van der Waals surface area contributed by atoms with E-state index in [0.717, 1.165) is 17.0 Å². The Morgan fingerprint density at radius 3 is 2.50 bits per heavy atom. The molecule has 0 aliphatic carbocycles. The van der Waals surface area contributed by atoms with Crippen LogP contribution >= 0.6 is 0 Å². The number of benzene rings is 1. The summed E-state index contributed by atoms with van der Waals surface area (Å²) in [5.74, 6) is -0.217. The lowest BCUT2D eigenvalue weighted by molar-refractivity contribution is 0.627. The van der Waals surface area contributed by atoms with Gasteiger partial charge in [-0.2, -0.15) is 15.4 Å². The number of hydrogen-bond acceptors (Lipinski definition) is 2. The van der Waals surface area contributed by atoms with Gasteiger partial charge in [0.2, 0.25) is 0 Å². The van der Waals surface area contributed by atoms with E-state index < -0.39 is 0 Å². The van der Waals surface area contributed by atoms with Crippen molar-refractivity contribution in [3.8, 4) is 0 Å². The van der Waals surface area contributed by atoms with E-state index in [1.54, 1.807) is 12.1 Å². The highest BCUT2D eigenvalue weighted by Crippen LogP contribution is 2.09. The molecule has 1 aromatic carbocycles. The topological polar surface area (TPSA) is 41.6 Å². The molecule has 1 aromatic heterocycles. The molecule has 2 aromatic rings. The van der Waals surface area contributed by atoms with Gasteiger partial charge in [-0.05, 0) is 24.6 Å². The molecule has 1 N–H and O–H groups in total. The van der Waals surface area contributed by atoms with Crippen molar-refractivity contribution in [2.75, 3.05) is 0 Å². The predicted molar refractivity (Wildman–Crippen MR) is 50.3 cm³/mol. The number of nitrogens with zero attached hydrogens (tertiary/aromatic N) is 2. The van der Waals surface area contributed by atoms with Crippen molar-refractivity contribution in [3.05, 3.63) is 47.0 Å². The lowest BCUT2D eigenvalue weighted by Gasteiger charge is -1.97. The van der Waals surface area contributed by atoms with Gasteiger partial charge < -0.3 is 0 Å². The molecule has 0 aliphatic rings. The summed E-state index contributed by atoms with van der Waals surface area (Å²) in [6, 6.07) is 6.41. The largest absolute Gasteiger partial charge is 0.207 e. The molecule has 2 rings (SSSR count). The SMILES string of the molecule is Cc1n[nH]nc1Cc1ccc(F)cc1. The van der Waals surface area contributed by atoms with E-state index in [0.29, 0.717) is 6.42 Å². The summed E-state index contributed by atoms with van der Waals surface area (Å²) >= 11 is 0. The molecule has 0 bridgehead atoms. The number of H-pyrrole nitrogens is 1. The normalized spacial score (nSPS) is 10.4. The summed E-state index contributed by atoms with van der Waals surface area (Å²) < 4.78 is 12.6. The highest BCUT2D eigenvalue weighted by atomic mass is 19.1. The Morgan fingerprint density at radius 2 is 1.93 bits per heavy atom. The van der Waals surface area contributed by atoms with E-state index in [-0.39, 0.29) is 5.82 Å². The number of aryl methyl sites for hydroxylation is 1. The average Bonchev–Trinajstić information content (AvgIpc) is 2.56. The van der Waals surface area contributed by atoms with Crippen LogP contribution in [-0.2, 0) is 6.42 Å². The second kappa shape index (κ2) is 3.57. The second-order valence-electron chi connectivity index (χ2n) is 3.16. The van der Waals surface area contributed by atoms with Gasteiger partial charge in [-0.25, -0.2) is 4.39 Å². The third kappa shape index (κ3) is 1.79. The Bertz CT molecular complexity index is 419. The molecule has 0 fully saturated rings. The molecule has 3 nitrogen and oxygen atoms in total. The van der Waals surface area contributed by atoms with Gasteiger partial charge in [0.1, 0.15) is 5.82 Å². The Hall–Kier alpha value is -1.71. The maximum absolute atomic E-state index is 12.6. The van der Waals surface area contributed by atoms with E-state index in [1.807, 2.05) is 6.92 Å². The molecular weight excluding hydrogens is 181 g/mol. The second-order valence-corrected chi connectivity index (χ2v) is 3.16. The van der Waals surface area contributed by atoms with Crippen LogP contribution in [0.2, 0.25) is 0 Å². The minimum absolute atomic E-state index is 0.217. The van der Waals surface area contributed by atoms with Gasteiger partial charge >= 0.3 is 0 Å². The number of halogens is 1. The van der Waals surface area contributed by atoms with Crippen molar-refractivity contribution in [1.29, 1.82) is 0 Å². The molecular formula is C10H10FN3. The Morgan fingerprint density at radius 1 is 1.21 bits per heavy atom. The number of nitrogens with one attached hydrogen (secondary N) is 1. The minimum atomic E-state index is -0.217. The summed E-state index contributed by atoms with van der Waals surface area (Å²) in [6.07, 6.45) is 0.683. The van der Waals surface area contributed by atoms with Crippen molar-refractivity contribution in [2.45, 2.75) is 13.3 Å². The van der Waals surface area contributed by atoms with E-state index in [9.17, 15) is 4.39 Å². The summed E-state index contributed by atoms with van der Waals surface area (Å²) in [5.41, 5.74) is 2.81. The molecule has 72 valence electrons. The predicted octanol–water partition coefficient (Wildman–Crippen LogP) is 1.84. The van der Waals surface area contributed by atoms with Crippen molar-refractivity contribution >= 4 is 0 Å². The third-order valence-corrected chi connectivity index (χ3v) is 2.11. The number of rotatable bonds is 2. The van der Waals surface area contributed by atoms with Crippen molar-refractivity contribution < 1.29 is 4.39 Å². The van der Waals surface area contributed by atoms with Crippen LogP contribution in [0.3, 0.4) is 0 Å². The molecule has 0 saturated carbocycles. The highest BCUT2D eigenvalue weighted by Gasteiger charge is 2.03. The van der Waals surface area contributed by atoms with Crippen LogP contribution < -0.4 is 0 Å². The first-order chi connectivity index (χ1) is 6.75. The number of aromatic nitrogens is 3. The van der Waals surface area contributed by atoms with Crippen molar-refractivity contribution in [2.24, 2.45) is 0 Å². The zero-order chi connectivity index (χ0) is 9.97. The molecule has 14 heavy (non-hydrogen) atoms. The molecule has 0 radical (unpaired) electrons. The van der Waals surface area contributed by atoms with Crippen LogP contribution in [0, 0.1) is 12.7 Å². The molecule has 0 amide bonds. The monoisotopic (exact) mass is 191 g/mol. The van der Waals surface area contributed by atoms with Crippen LogP contribution in [0.25, 0.3) is 0 Å². The van der Waals surface area contributed by atoms with Gasteiger partial charge in [0.05, 0.1) is 11.4 Å². The molecule has 0 unspecified atom stereocenters. The van der Waals surface area contributed by atoms with E-state index in [2.05, 4.69) is 15.4 Å². The summed E-state index contributed by atoms with van der Waals surface area (Å²) in [6.45, 7) is 1.89. The highest BCUT2D eigenvalue weighted by molar-refractivity contribution is 5.23. The fourth-order valence-electron chi connectivity index (χ4n) is 1.27. The van der Waals surface area contributed by atoms with E-state index in [4.69, 9.17) is 0 Å². The molecule has 0 saturated heterocycles. The lowest BCUT2D eigenvalue weighted by atomic mass is 10.1. The van der Waals surface area contributed by atoms with E-state index in [1.165, 1.54) is 12.1 Å². The zero-order valence-corrected chi connectivity index (χ0v) is 7.79. The zero-order valence-electron chi connectivity index (χ0n) is 7.79. The Labute approximate surface area is 81.0 Å². The van der Waals surface area contributed by atoms with Crippen LogP contribution in [0.1, 0.15) is 17.0 Å². The Balaban J connectivity index is 2.19. The van der Waals surface area contributed by atoms with Crippen molar-refractivity contribution in [1.82, 2.24) is 15.4 Å². The Kier molecular flexibility index (Phi) is 2.26. The first-order valence-corrected chi connectivity index (χ1v) is 4.36. The third-order valence-electron chi connectivity index (χ3n) is 2.11. The van der Waals surface area contributed by atoms with Gasteiger partial charge in [-0.3, -0.25) is 0 Å². The van der Waals surface area contributed by atoms with E-state index >= 15 is 0 Å². The van der Waals surface area contributed by atoms with Crippen LogP contribution in [0.15, 0.2) is 24.3 Å². The lowest BCUT2D eigenvalue weighted by Crippen LogP contribution is -1.91. The molecule has 0 aliphatic heterocycles. The van der Waals surface area contributed by atoms with Crippen LogP contribution in [0.5, 0.6) is 0 Å². The smallest absolute Gasteiger partial charge is 0.123 e. The maximum Gasteiger partial charge on any atom is 0.123 e. The summed E-state index contributed by atoms with van der Waals surface area (Å²) in [5, 5.41) is 10.5. The fourth-order valence-corrected chi connectivity index (χ4v) is 1.27.